The fourth-order valence-electron chi connectivity index (χ4n) is 11.3. The Kier molecular flexibility index (Phi) is 25.7. The van der Waals surface area contributed by atoms with Gasteiger partial charge in [0.25, 0.3) is 0 Å². The Bertz CT molecular complexity index is 3850. The van der Waals surface area contributed by atoms with E-state index in [1.807, 2.05) is 91.5 Å². The Morgan fingerprint density at radius 1 is 0.362 bits per heavy atom. The molecular weight excluding hydrogens is 1260 g/mol. The van der Waals surface area contributed by atoms with Gasteiger partial charge in [-0.3, -0.25) is 4.79 Å². The van der Waals surface area contributed by atoms with E-state index in [1.165, 1.54) is 37.9 Å². The van der Waals surface area contributed by atoms with Crippen molar-refractivity contribution in [2.45, 2.75) is 196 Å². The van der Waals surface area contributed by atoms with E-state index in [2.05, 4.69) is 84.3 Å². The van der Waals surface area contributed by atoms with Crippen molar-refractivity contribution >= 4 is 56.8 Å². The average molecular weight is 1370 g/mol. The maximum Gasteiger partial charge on any atom is 0.243 e. The van der Waals surface area contributed by atoms with E-state index in [4.69, 9.17) is 9.47 Å². The molecule has 3 aliphatic rings. The van der Waals surface area contributed by atoms with Gasteiger partial charge in [0.1, 0.15) is 0 Å². The van der Waals surface area contributed by atoms with Crippen molar-refractivity contribution in [1.82, 2.24) is 9.21 Å². The van der Waals surface area contributed by atoms with Crippen LogP contribution in [-0.2, 0) is 110 Å². The molecule has 0 aromatic heterocycles. The zero-order valence-electron chi connectivity index (χ0n) is 58.1. The first-order valence-corrected chi connectivity index (χ1v) is 39.5. The number of hydrogen-bond acceptors (Lipinski definition) is 13. The summed E-state index contributed by atoms with van der Waals surface area (Å²) in [5.74, 6) is 0.363. The molecule has 94 heavy (non-hydrogen) atoms. The highest BCUT2D eigenvalue weighted by atomic mass is 32.2. The van der Waals surface area contributed by atoms with Gasteiger partial charge in [-0.1, -0.05) is 109 Å². The number of sulfonamides is 1. The van der Waals surface area contributed by atoms with E-state index in [-0.39, 0.29) is 47.6 Å². The van der Waals surface area contributed by atoms with Gasteiger partial charge in [-0.15, -0.1) is 0 Å². The molecule has 0 spiro atoms. The molecule has 0 saturated carbocycles. The molecule has 9 rings (SSSR count). The van der Waals surface area contributed by atoms with E-state index in [0.717, 1.165) is 106 Å². The lowest BCUT2D eigenvalue weighted by Crippen LogP contribution is -2.48. The zero-order valence-corrected chi connectivity index (χ0v) is 61.4. The molecule has 3 saturated heterocycles. The number of amides is 1. The lowest BCUT2D eigenvalue weighted by atomic mass is 10.0. The molecule has 3 aliphatic heterocycles. The van der Waals surface area contributed by atoms with Crippen LogP contribution in [0.2, 0.25) is 0 Å². The van der Waals surface area contributed by atoms with Crippen molar-refractivity contribution in [2.24, 2.45) is 0 Å². The highest BCUT2D eigenvalue weighted by Crippen LogP contribution is 2.28. The number of rotatable bonds is 19. The van der Waals surface area contributed by atoms with E-state index in [0.29, 0.717) is 18.0 Å². The molecule has 0 aliphatic carbocycles. The first-order chi connectivity index (χ1) is 43.9. The van der Waals surface area contributed by atoms with Gasteiger partial charge in [-0.05, 0) is 215 Å². The van der Waals surface area contributed by atoms with Gasteiger partial charge in [0.05, 0.1) is 60.8 Å². The Morgan fingerprint density at radius 3 is 0.883 bits per heavy atom. The maximum atomic E-state index is 13.0. The fourth-order valence-corrected chi connectivity index (χ4v) is 16.1. The minimum Gasteiger partial charge on any atom is -0.373 e. The summed E-state index contributed by atoms with van der Waals surface area (Å²) in [5, 5.41) is 0. The lowest BCUT2D eigenvalue weighted by molar-refractivity contribution is -0.129. The second kappa shape index (κ2) is 32.0. The van der Waals surface area contributed by atoms with Crippen LogP contribution in [0.3, 0.4) is 0 Å². The first kappa shape index (κ1) is 75.5. The molecule has 3 fully saturated rings. The Labute approximate surface area is 564 Å². The lowest BCUT2D eigenvalue weighted by Gasteiger charge is -2.36. The van der Waals surface area contributed by atoms with Crippen molar-refractivity contribution in [1.29, 1.82) is 0 Å². The molecule has 514 valence electrons. The molecule has 19 heteroatoms. The van der Waals surface area contributed by atoms with Crippen LogP contribution in [0.4, 0.5) is 11.4 Å². The number of ether oxygens (including phenoxy) is 2. The molecule has 3 heterocycles. The van der Waals surface area contributed by atoms with E-state index >= 15 is 0 Å². The highest BCUT2D eigenvalue weighted by Gasteiger charge is 2.34. The van der Waals surface area contributed by atoms with Crippen molar-refractivity contribution in [2.75, 3.05) is 62.2 Å². The maximum absolute atomic E-state index is 13.0. The Hall–Kier alpha value is -5.93. The summed E-state index contributed by atoms with van der Waals surface area (Å²) in [5.41, 5.74) is 12.1. The van der Waals surface area contributed by atoms with Gasteiger partial charge in [0.2, 0.25) is 15.9 Å². The van der Waals surface area contributed by atoms with Crippen LogP contribution >= 0.6 is 0 Å². The van der Waals surface area contributed by atoms with Crippen LogP contribution < -0.4 is 9.80 Å². The normalized spacial score (nSPS) is 18.8. The number of carbonyl (C=O) groups is 1. The average Bonchev–Trinajstić information content (AvgIpc) is 0.812. The number of nitrogens with zero attached hydrogens (tertiary/aromatic N) is 4. The summed E-state index contributed by atoms with van der Waals surface area (Å²) in [6.07, 6.45) is 5.60. The minimum absolute atomic E-state index is 0.0351. The van der Waals surface area contributed by atoms with Gasteiger partial charge >= 0.3 is 0 Å². The third-order valence-corrected chi connectivity index (χ3v) is 27.3. The van der Waals surface area contributed by atoms with Crippen LogP contribution in [0.5, 0.6) is 0 Å². The number of anilines is 2. The van der Waals surface area contributed by atoms with Crippen molar-refractivity contribution < 1.29 is 47.9 Å². The van der Waals surface area contributed by atoms with Gasteiger partial charge in [-0.2, -0.15) is 4.31 Å². The second-order valence-corrected chi connectivity index (χ2v) is 38.9. The predicted octanol–water partition coefficient (Wildman–Crippen LogP) is 12.6. The summed E-state index contributed by atoms with van der Waals surface area (Å²) in [6, 6.07) is 48.2. The number of hydrogen-bond donors (Lipinski definition) is 0. The standard InChI is InChI=1S/C25H34N2O3S.C25H35NO5S2.C25H35NO3S/c1-20(28)26-15-17-27(18-16-26)24-13-11-22(12-14-24)6-5-21-7-9-23(10-8-21)19-31(29,30)25(2,3)4;1-19-16-26(17-20(2)31-19)33(29,30)24-14-12-22(13-15-24)7-6-21-8-10-23(11-9-21)18-32(27,28)25(3,4)5;1-19-16-26(17-20(2)29-19)24-14-12-22(13-15-24)7-6-21-8-10-23(11-9-21)18-30(27,28)25(3,4)5/h7-14H,5-6,15-19H2,1-4H3;8-15,19-20H,6-7,16-18H2,1-5H3;8-15,19-20H,6-7,16-18H2,1-5H3/t;19-,20+;19-,20-/m..1/s1. The van der Waals surface area contributed by atoms with Crippen LogP contribution in [0, 0.1) is 0 Å². The smallest absolute Gasteiger partial charge is 0.243 e. The fraction of sp³-hybridized carbons (Fsp3) is 0.507. The molecule has 6 aromatic rings. The molecule has 0 radical (unpaired) electrons. The minimum atomic E-state index is -3.54. The number of morpholine rings is 2. The highest BCUT2D eigenvalue weighted by molar-refractivity contribution is 7.92. The predicted molar refractivity (Wildman–Crippen MR) is 383 cm³/mol. The third kappa shape index (κ3) is 21.8. The van der Waals surface area contributed by atoms with E-state index < -0.39 is 53.8 Å². The molecule has 0 N–H and O–H groups in total. The summed E-state index contributed by atoms with van der Waals surface area (Å²) in [7, 11) is -13.1. The molecule has 6 aromatic carbocycles. The number of piperazine rings is 1. The van der Waals surface area contributed by atoms with Crippen molar-refractivity contribution in [3.8, 4) is 0 Å². The molecule has 1 amide bonds. The van der Waals surface area contributed by atoms with Crippen molar-refractivity contribution in [3.63, 3.8) is 0 Å². The van der Waals surface area contributed by atoms with Crippen molar-refractivity contribution in [3.05, 3.63) is 196 Å². The number of sulfone groups is 3. The largest absolute Gasteiger partial charge is 0.373 e. The number of benzene rings is 6. The van der Waals surface area contributed by atoms with E-state index in [1.54, 1.807) is 81.4 Å². The number of carbonyl (C=O) groups excluding carboxylic acids is 1. The summed E-state index contributed by atoms with van der Waals surface area (Å²) in [6.45, 7) is 31.2. The Morgan fingerprint density at radius 2 is 0.606 bits per heavy atom. The van der Waals surface area contributed by atoms with Crippen LogP contribution in [-0.4, -0.2) is 140 Å². The zero-order chi connectivity index (χ0) is 69.0. The quantitative estimate of drug-likeness (QED) is 0.0747. The SMILES string of the molecule is CC(=O)N1CCN(c2ccc(CCc3ccc(CS(=O)(=O)C(C)(C)C)cc3)cc2)CC1.C[C@@H]1CN(S(=O)(=O)c2ccc(CCc3ccc(CS(=O)(=O)C(C)(C)C)cc3)cc2)C[C@H](C)O1.C[C@@H]1CN(c2ccc(CCc3ccc(CS(=O)(=O)C(C)(C)C)cc3)cc2)C[C@@H](C)O1. The van der Waals surface area contributed by atoms with Gasteiger partial charge in [-0.25, -0.2) is 33.7 Å². The van der Waals surface area contributed by atoms with Gasteiger partial charge in [0, 0.05) is 70.7 Å². The molecular formula is C75H104N4O11S4. The second-order valence-electron chi connectivity index (χ2n) is 28.8. The summed E-state index contributed by atoms with van der Waals surface area (Å²) >= 11 is 0. The van der Waals surface area contributed by atoms with Gasteiger partial charge in [0.15, 0.2) is 29.5 Å². The molecule has 0 unspecified atom stereocenters. The molecule has 15 nitrogen and oxygen atoms in total. The third-order valence-electron chi connectivity index (χ3n) is 17.7. The number of aryl methyl sites for hydroxylation is 6. The van der Waals surface area contributed by atoms with E-state index in [9.17, 15) is 38.5 Å². The van der Waals surface area contributed by atoms with Gasteiger partial charge < -0.3 is 24.2 Å². The topological polar surface area (TPSA) is 185 Å². The summed E-state index contributed by atoms with van der Waals surface area (Å²) < 4.78 is 111. The molecule has 4 atom stereocenters. The first-order valence-electron chi connectivity index (χ1n) is 33.1. The summed E-state index contributed by atoms with van der Waals surface area (Å²) in [4.78, 5) is 18.4. The van der Waals surface area contributed by atoms with Crippen LogP contribution in [0.25, 0.3) is 0 Å². The Balaban J connectivity index is 0.000000200. The van der Waals surface area contributed by atoms with Crippen LogP contribution in [0.1, 0.15) is 147 Å². The monoisotopic (exact) mass is 1360 g/mol. The van der Waals surface area contributed by atoms with Crippen LogP contribution in [0.15, 0.2) is 150 Å². The molecule has 0 bridgehead atoms.